The number of hydrogen-bond acceptors (Lipinski definition) is 8. The molecule has 0 saturated heterocycles. The third-order valence-electron chi connectivity index (χ3n) is 4.23. The van der Waals surface area contributed by atoms with Crippen LogP contribution in [0.4, 0.5) is 23.0 Å². The lowest BCUT2D eigenvalue weighted by molar-refractivity contribution is -0.383. The molecular weight excluding hydrogens is 386 g/mol. The Morgan fingerprint density at radius 2 is 1.77 bits per heavy atom. The molecule has 3 aromatic rings. The summed E-state index contributed by atoms with van der Waals surface area (Å²) < 4.78 is 5.04. The summed E-state index contributed by atoms with van der Waals surface area (Å²) in [6.07, 6.45) is 1.91. The molecule has 9 nitrogen and oxygen atoms in total. The Labute approximate surface area is 173 Å². The van der Waals surface area contributed by atoms with Gasteiger partial charge in [0, 0.05) is 6.54 Å². The maximum absolute atomic E-state index is 12.2. The van der Waals surface area contributed by atoms with Gasteiger partial charge in [0.2, 0.25) is 11.6 Å². The molecule has 3 rings (SSSR count). The number of carbonyl (C=O) groups is 1. The van der Waals surface area contributed by atoms with Crippen molar-refractivity contribution in [1.29, 1.82) is 0 Å². The molecule has 1 aromatic heterocycles. The van der Waals surface area contributed by atoms with Gasteiger partial charge >= 0.3 is 11.7 Å². The van der Waals surface area contributed by atoms with Crippen LogP contribution in [0.25, 0.3) is 0 Å². The van der Waals surface area contributed by atoms with Crippen molar-refractivity contribution in [2.45, 2.75) is 13.3 Å². The van der Waals surface area contributed by atoms with E-state index >= 15 is 0 Å². The number of nitrogens with zero attached hydrogens (tertiary/aromatic N) is 3. The van der Waals surface area contributed by atoms with Gasteiger partial charge in [-0.1, -0.05) is 42.5 Å². The van der Waals surface area contributed by atoms with Gasteiger partial charge in [-0.2, -0.15) is 0 Å². The predicted octanol–water partition coefficient (Wildman–Crippen LogP) is 3.96. The Balaban J connectivity index is 1.83. The van der Waals surface area contributed by atoms with Crippen LogP contribution in [0.15, 0.2) is 60.9 Å². The van der Waals surface area contributed by atoms with Crippen LogP contribution in [0.3, 0.4) is 0 Å². The molecule has 30 heavy (non-hydrogen) atoms. The second-order valence-corrected chi connectivity index (χ2v) is 6.23. The van der Waals surface area contributed by atoms with E-state index in [0.29, 0.717) is 18.7 Å². The van der Waals surface area contributed by atoms with Crippen molar-refractivity contribution >= 4 is 29.0 Å². The summed E-state index contributed by atoms with van der Waals surface area (Å²) in [6, 6.07) is 16.4. The van der Waals surface area contributed by atoms with E-state index in [4.69, 9.17) is 4.74 Å². The minimum atomic E-state index is -0.555. The highest BCUT2D eigenvalue weighted by molar-refractivity contribution is 5.96. The van der Waals surface area contributed by atoms with Gasteiger partial charge in [-0.05, 0) is 31.0 Å². The maximum atomic E-state index is 12.2. The van der Waals surface area contributed by atoms with Crippen LogP contribution in [0.2, 0.25) is 0 Å². The first-order valence-electron chi connectivity index (χ1n) is 9.40. The molecule has 2 N–H and O–H groups in total. The van der Waals surface area contributed by atoms with Crippen LogP contribution in [-0.2, 0) is 11.2 Å². The maximum Gasteiger partial charge on any atom is 0.353 e. The molecule has 0 spiro atoms. The molecular formula is C21H21N5O4. The number of ether oxygens (including phenoxy) is 1. The molecule has 1 heterocycles. The van der Waals surface area contributed by atoms with Gasteiger partial charge in [0.1, 0.15) is 6.33 Å². The summed E-state index contributed by atoms with van der Waals surface area (Å²) in [6.45, 7) is 2.38. The summed E-state index contributed by atoms with van der Waals surface area (Å²) in [4.78, 5) is 31.4. The number of anilines is 3. The van der Waals surface area contributed by atoms with E-state index < -0.39 is 10.9 Å². The summed E-state index contributed by atoms with van der Waals surface area (Å²) in [7, 11) is 0. The average molecular weight is 407 g/mol. The molecule has 0 saturated carbocycles. The molecule has 2 aromatic carbocycles. The molecule has 0 amide bonds. The highest BCUT2D eigenvalue weighted by Crippen LogP contribution is 2.32. The van der Waals surface area contributed by atoms with Crippen LogP contribution in [-0.4, -0.2) is 34.0 Å². The number of para-hydroxylation sites is 1. The number of nitrogens with one attached hydrogen (secondary N) is 2. The second kappa shape index (κ2) is 9.97. The Hall–Kier alpha value is -4.01. The van der Waals surface area contributed by atoms with Crippen molar-refractivity contribution in [3.05, 3.63) is 82.2 Å². The zero-order valence-electron chi connectivity index (χ0n) is 16.4. The Bertz CT molecular complexity index is 1030. The Morgan fingerprint density at radius 3 is 2.50 bits per heavy atom. The van der Waals surface area contributed by atoms with Gasteiger partial charge in [0.15, 0.2) is 0 Å². The largest absolute Gasteiger partial charge is 0.462 e. The van der Waals surface area contributed by atoms with E-state index in [9.17, 15) is 14.9 Å². The fraction of sp³-hybridized carbons (Fsp3) is 0.190. The molecule has 0 aliphatic rings. The predicted molar refractivity (Wildman–Crippen MR) is 113 cm³/mol. The smallest absolute Gasteiger partial charge is 0.353 e. The van der Waals surface area contributed by atoms with Gasteiger partial charge in [0.05, 0.1) is 22.8 Å². The number of hydrogen-bond donors (Lipinski definition) is 2. The fourth-order valence-corrected chi connectivity index (χ4v) is 2.85. The third-order valence-corrected chi connectivity index (χ3v) is 4.23. The van der Waals surface area contributed by atoms with Crippen LogP contribution < -0.4 is 10.6 Å². The standard InChI is InChI=1S/C21H21N5O4/c1-2-30-21(27)16-10-6-7-11-17(16)25-20-18(26(28)29)19(23-14-24-20)22-13-12-15-8-4-3-5-9-15/h3-11,14H,2,12-13H2,1H3,(H2,22,23,24,25). The van der Waals surface area contributed by atoms with Crippen LogP contribution in [0.5, 0.6) is 0 Å². The zero-order chi connectivity index (χ0) is 21.3. The van der Waals surface area contributed by atoms with E-state index in [1.807, 2.05) is 30.3 Å². The first-order chi connectivity index (χ1) is 14.6. The monoisotopic (exact) mass is 407 g/mol. The van der Waals surface area contributed by atoms with E-state index in [1.165, 1.54) is 6.33 Å². The first-order valence-corrected chi connectivity index (χ1v) is 9.40. The average Bonchev–Trinajstić information content (AvgIpc) is 2.75. The third kappa shape index (κ3) is 5.07. The lowest BCUT2D eigenvalue weighted by Crippen LogP contribution is -2.12. The number of benzene rings is 2. The minimum absolute atomic E-state index is 0.0195. The van der Waals surface area contributed by atoms with Crippen molar-refractivity contribution in [3.8, 4) is 0 Å². The van der Waals surface area contributed by atoms with E-state index in [-0.39, 0.29) is 29.5 Å². The van der Waals surface area contributed by atoms with Gasteiger partial charge in [-0.25, -0.2) is 14.8 Å². The van der Waals surface area contributed by atoms with Crippen LogP contribution >= 0.6 is 0 Å². The quantitative estimate of drug-likeness (QED) is 0.311. The number of nitro groups is 1. The van der Waals surface area contributed by atoms with Crippen molar-refractivity contribution in [3.63, 3.8) is 0 Å². The van der Waals surface area contributed by atoms with Crippen molar-refractivity contribution in [1.82, 2.24) is 9.97 Å². The summed E-state index contributed by atoms with van der Waals surface area (Å²) in [5.74, 6) is -0.450. The minimum Gasteiger partial charge on any atom is -0.462 e. The van der Waals surface area contributed by atoms with Crippen molar-refractivity contribution in [2.75, 3.05) is 23.8 Å². The van der Waals surface area contributed by atoms with E-state index in [1.54, 1.807) is 31.2 Å². The van der Waals surface area contributed by atoms with Crippen LogP contribution in [0.1, 0.15) is 22.8 Å². The molecule has 154 valence electrons. The number of carbonyl (C=O) groups excluding carboxylic acids is 1. The summed E-state index contributed by atoms with van der Waals surface area (Å²) in [5.41, 5.74) is 1.41. The van der Waals surface area contributed by atoms with Gasteiger partial charge < -0.3 is 15.4 Å². The lowest BCUT2D eigenvalue weighted by Gasteiger charge is -2.12. The number of esters is 1. The molecule has 0 bridgehead atoms. The molecule has 0 fully saturated rings. The van der Waals surface area contributed by atoms with Gasteiger partial charge in [-0.15, -0.1) is 0 Å². The molecule has 0 aliphatic carbocycles. The SMILES string of the molecule is CCOC(=O)c1ccccc1Nc1ncnc(NCCc2ccccc2)c1[N+](=O)[O-]. The second-order valence-electron chi connectivity index (χ2n) is 6.23. The molecule has 0 unspecified atom stereocenters. The number of aromatic nitrogens is 2. The van der Waals surface area contributed by atoms with Crippen LogP contribution in [0, 0.1) is 10.1 Å². The van der Waals surface area contributed by atoms with E-state index in [2.05, 4.69) is 20.6 Å². The lowest BCUT2D eigenvalue weighted by atomic mass is 10.1. The highest BCUT2D eigenvalue weighted by atomic mass is 16.6. The van der Waals surface area contributed by atoms with E-state index in [0.717, 1.165) is 5.56 Å². The first kappa shape index (κ1) is 20.7. The summed E-state index contributed by atoms with van der Waals surface area (Å²) >= 11 is 0. The zero-order valence-corrected chi connectivity index (χ0v) is 16.4. The normalized spacial score (nSPS) is 10.3. The van der Waals surface area contributed by atoms with Gasteiger partial charge in [0.25, 0.3) is 0 Å². The molecule has 9 heteroatoms. The fourth-order valence-electron chi connectivity index (χ4n) is 2.85. The van der Waals surface area contributed by atoms with Gasteiger partial charge in [-0.3, -0.25) is 10.1 Å². The van der Waals surface area contributed by atoms with Crippen molar-refractivity contribution < 1.29 is 14.5 Å². The van der Waals surface area contributed by atoms with Crippen molar-refractivity contribution in [2.24, 2.45) is 0 Å². The molecule has 0 atom stereocenters. The number of rotatable bonds is 9. The summed E-state index contributed by atoms with van der Waals surface area (Å²) in [5, 5.41) is 17.6. The Kier molecular flexibility index (Phi) is 6.88. The highest BCUT2D eigenvalue weighted by Gasteiger charge is 2.24. The Morgan fingerprint density at radius 1 is 1.07 bits per heavy atom. The topological polar surface area (TPSA) is 119 Å². The molecule has 0 radical (unpaired) electrons. The molecule has 0 aliphatic heterocycles.